The molecule has 0 amide bonds. The number of esters is 1. The molecule has 0 bridgehead atoms. The Kier molecular flexibility index (Phi) is 3.96. The Morgan fingerprint density at radius 2 is 2.32 bits per heavy atom. The van der Waals surface area contributed by atoms with Crippen LogP contribution in [0.4, 0.5) is 0 Å². The van der Waals surface area contributed by atoms with Gasteiger partial charge in [0.2, 0.25) is 0 Å². The lowest BCUT2D eigenvalue weighted by atomic mass is 10.2. The number of hydrogen-bond acceptors (Lipinski definition) is 3. The van der Waals surface area contributed by atoms with Gasteiger partial charge in [0.15, 0.2) is 0 Å². The Labute approximate surface area is 128 Å². The number of rotatable bonds is 4. The van der Waals surface area contributed by atoms with Crippen LogP contribution in [0.15, 0.2) is 30.5 Å². The van der Waals surface area contributed by atoms with Crippen LogP contribution in [-0.2, 0) is 9.53 Å². The molecular formula is C17H19N3O2. The van der Waals surface area contributed by atoms with Crippen LogP contribution >= 0.6 is 0 Å². The van der Waals surface area contributed by atoms with E-state index in [1.54, 1.807) is 10.7 Å². The summed E-state index contributed by atoms with van der Waals surface area (Å²) in [6, 6.07) is 7.88. The van der Waals surface area contributed by atoms with Gasteiger partial charge in [-0.25, -0.2) is 9.31 Å². The number of hydrogen-bond donors (Lipinski definition) is 1. The molecule has 0 spiro atoms. The smallest absolute Gasteiger partial charge is 0.332 e. The van der Waals surface area contributed by atoms with Gasteiger partial charge in [-0.15, -0.1) is 0 Å². The van der Waals surface area contributed by atoms with Crippen molar-refractivity contribution < 1.29 is 9.53 Å². The highest BCUT2D eigenvalue weighted by molar-refractivity contribution is 6.00. The Morgan fingerprint density at radius 3 is 3.14 bits per heavy atom. The second-order valence-electron chi connectivity index (χ2n) is 5.34. The van der Waals surface area contributed by atoms with E-state index in [0.29, 0.717) is 12.0 Å². The first-order valence-electron chi connectivity index (χ1n) is 7.50. The van der Waals surface area contributed by atoms with Gasteiger partial charge in [0.05, 0.1) is 29.2 Å². The summed E-state index contributed by atoms with van der Waals surface area (Å²) in [6.45, 7) is 4.47. The summed E-state index contributed by atoms with van der Waals surface area (Å²) in [7, 11) is 0. The molecule has 3 aromatic rings. The molecular weight excluding hydrogens is 278 g/mol. The number of nitrogens with one attached hydrogen (secondary N) is 1. The lowest BCUT2D eigenvalue weighted by molar-refractivity contribution is -0.136. The minimum absolute atomic E-state index is 0.337. The fourth-order valence-electron chi connectivity index (χ4n) is 2.49. The van der Waals surface area contributed by atoms with Crippen LogP contribution in [0.1, 0.15) is 25.5 Å². The maximum Gasteiger partial charge on any atom is 0.332 e. The van der Waals surface area contributed by atoms with Crippen molar-refractivity contribution in [2.45, 2.75) is 26.7 Å². The van der Waals surface area contributed by atoms with Crippen LogP contribution in [0.2, 0.25) is 0 Å². The summed E-state index contributed by atoms with van der Waals surface area (Å²) in [6.07, 6.45) is 5.17. The van der Waals surface area contributed by atoms with Crippen LogP contribution in [0, 0.1) is 6.92 Å². The fraction of sp³-hybridized carbons (Fsp3) is 0.294. The van der Waals surface area contributed by atoms with E-state index in [-0.39, 0.29) is 5.97 Å². The zero-order chi connectivity index (χ0) is 15.5. The van der Waals surface area contributed by atoms with E-state index < -0.39 is 0 Å². The van der Waals surface area contributed by atoms with Crippen LogP contribution in [0.5, 0.6) is 0 Å². The topological polar surface area (TPSA) is 59.4 Å². The number of H-pyrrole nitrogens is 1. The van der Waals surface area contributed by atoms with E-state index in [9.17, 15) is 4.79 Å². The van der Waals surface area contributed by atoms with Gasteiger partial charge in [0.1, 0.15) is 0 Å². The predicted molar refractivity (Wildman–Crippen MR) is 86.1 cm³/mol. The van der Waals surface area contributed by atoms with Gasteiger partial charge in [0, 0.05) is 17.2 Å². The molecule has 0 atom stereocenters. The first-order valence-corrected chi connectivity index (χ1v) is 7.50. The van der Waals surface area contributed by atoms with Gasteiger partial charge in [-0.1, -0.05) is 25.5 Å². The van der Waals surface area contributed by atoms with Crippen molar-refractivity contribution in [2.24, 2.45) is 0 Å². The van der Waals surface area contributed by atoms with Crippen LogP contribution in [-0.4, -0.2) is 27.2 Å². The van der Waals surface area contributed by atoms with Gasteiger partial charge in [-0.05, 0) is 25.5 Å². The van der Waals surface area contributed by atoms with Crippen molar-refractivity contribution in [3.63, 3.8) is 0 Å². The minimum Gasteiger partial charge on any atom is -0.462 e. The van der Waals surface area contributed by atoms with Crippen molar-refractivity contribution >= 4 is 28.5 Å². The van der Waals surface area contributed by atoms with E-state index in [2.05, 4.69) is 17.0 Å². The zero-order valence-corrected chi connectivity index (χ0v) is 12.8. The highest BCUT2D eigenvalue weighted by atomic mass is 16.5. The highest BCUT2D eigenvalue weighted by Crippen LogP contribution is 2.16. The molecule has 1 aromatic carbocycles. The number of para-hydroxylation sites is 1. The molecule has 2 heterocycles. The molecule has 2 aromatic heterocycles. The van der Waals surface area contributed by atoms with E-state index in [1.807, 2.05) is 31.2 Å². The SMILES string of the molecule is CCCCOC(=O)/C=c1/cc(C)[nH]c2cccc3cnn1c32. The molecule has 0 aliphatic heterocycles. The molecule has 1 N–H and O–H groups in total. The summed E-state index contributed by atoms with van der Waals surface area (Å²) in [4.78, 5) is 15.3. The summed E-state index contributed by atoms with van der Waals surface area (Å²) in [5.74, 6) is -0.337. The molecule has 0 saturated carbocycles. The van der Waals surface area contributed by atoms with Gasteiger partial charge in [-0.3, -0.25) is 0 Å². The Morgan fingerprint density at radius 1 is 1.45 bits per heavy atom. The minimum atomic E-state index is -0.337. The number of aromatic nitrogens is 3. The monoisotopic (exact) mass is 297 g/mol. The lowest BCUT2D eigenvalue weighted by Crippen LogP contribution is -2.16. The van der Waals surface area contributed by atoms with E-state index in [0.717, 1.165) is 35.0 Å². The van der Waals surface area contributed by atoms with Gasteiger partial charge < -0.3 is 9.72 Å². The van der Waals surface area contributed by atoms with Crippen molar-refractivity contribution in [3.05, 3.63) is 41.5 Å². The normalized spacial score (nSPS) is 12.2. The van der Waals surface area contributed by atoms with Crippen molar-refractivity contribution in [2.75, 3.05) is 6.61 Å². The predicted octanol–water partition coefficient (Wildman–Crippen LogP) is 2.53. The summed E-state index contributed by atoms with van der Waals surface area (Å²) in [5, 5.41) is 6.13. The fourth-order valence-corrected chi connectivity index (χ4v) is 2.49. The zero-order valence-electron chi connectivity index (χ0n) is 12.8. The molecule has 0 fully saturated rings. The van der Waals surface area contributed by atoms with Crippen LogP contribution in [0.25, 0.3) is 22.5 Å². The van der Waals surface area contributed by atoms with Crippen molar-refractivity contribution in [3.8, 4) is 0 Å². The highest BCUT2D eigenvalue weighted by Gasteiger charge is 2.06. The average Bonchev–Trinajstić information content (AvgIpc) is 2.86. The summed E-state index contributed by atoms with van der Waals surface area (Å²) >= 11 is 0. The number of aromatic amines is 1. The molecule has 5 heteroatoms. The van der Waals surface area contributed by atoms with E-state index in [1.165, 1.54) is 6.08 Å². The second-order valence-corrected chi connectivity index (χ2v) is 5.34. The van der Waals surface area contributed by atoms with E-state index in [4.69, 9.17) is 4.74 Å². The first-order chi connectivity index (χ1) is 10.7. The molecule has 3 rings (SSSR count). The number of aryl methyl sites for hydroxylation is 1. The molecule has 0 aliphatic rings. The van der Waals surface area contributed by atoms with Gasteiger partial charge in [-0.2, -0.15) is 5.10 Å². The average molecular weight is 297 g/mol. The maximum atomic E-state index is 12.0. The standard InChI is InChI=1S/C17H19N3O2/c1-3-4-8-22-16(21)10-14-9-12(2)19-15-7-5-6-13-11-18-20(14)17(13)15/h5-7,9-11,19H,3-4,8H2,1-2H3/b14-10-. The molecule has 0 aliphatic carbocycles. The van der Waals surface area contributed by atoms with E-state index >= 15 is 0 Å². The molecule has 0 saturated heterocycles. The van der Waals surface area contributed by atoms with Crippen molar-refractivity contribution in [1.29, 1.82) is 0 Å². The molecule has 5 nitrogen and oxygen atoms in total. The summed E-state index contributed by atoms with van der Waals surface area (Å²) < 4.78 is 6.99. The molecule has 114 valence electrons. The Balaban J connectivity index is 2.15. The quantitative estimate of drug-likeness (QED) is 0.594. The largest absolute Gasteiger partial charge is 0.462 e. The van der Waals surface area contributed by atoms with Crippen LogP contribution < -0.4 is 5.35 Å². The Bertz CT molecular complexity index is 890. The number of carbonyl (C=O) groups is 1. The second kappa shape index (κ2) is 6.05. The third-order valence-electron chi connectivity index (χ3n) is 3.54. The first kappa shape index (κ1) is 14.4. The number of carbonyl (C=O) groups excluding carboxylic acids is 1. The number of unbranched alkanes of at least 4 members (excludes halogenated alkanes) is 1. The maximum absolute atomic E-state index is 12.0. The Hall–Kier alpha value is -2.56. The number of nitrogens with zero attached hydrogens (tertiary/aromatic N) is 2. The third-order valence-corrected chi connectivity index (χ3v) is 3.54. The molecule has 0 radical (unpaired) electrons. The van der Waals surface area contributed by atoms with Crippen molar-refractivity contribution in [1.82, 2.24) is 14.6 Å². The summed E-state index contributed by atoms with van der Waals surface area (Å²) in [5.41, 5.74) is 2.89. The van der Waals surface area contributed by atoms with Gasteiger partial charge in [0.25, 0.3) is 0 Å². The third kappa shape index (κ3) is 2.74. The molecule has 0 unspecified atom stereocenters. The number of benzene rings is 1. The van der Waals surface area contributed by atoms with Gasteiger partial charge >= 0.3 is 5.97 Å². The van der Waals surface area contributed by atoms with Crippen LogP contribution in [0.3, 0.4) is 0 Å². The number of ether oxygens (including phenoxy) is 1. The lowest BCUT2D eigenvalue weighted by Gasteiger charge is -1.99. The molecule has 22 heavy (non-hydrogen) atoms.